The van der Waals surface area contributed by atoms with E-state index in [1.807, 2.05) is 0 Å². The fraction of sp³-hybridized carbons (Fsp3) is 0.900. The van der Waals surface area contributed by atoms with Crippen molar-refractivity contribution in [3.63, 3.8) is 0 Å². The van der Waals surface area contributed by atoms with Crippen LogP contribution in [0.1, 0.15) is 104 Å². The van der Waals surface area contributed by atoms with Gasteiger partial charge in [-0.2, -0.15) is 0 Å². The Bertz CT molecular complexity index is 342. The second-order valence-corrected chi connectivity index (χ2v) is 8.34. The molecule has 0 rings (SSSR count). The third kappa shape index (κ3) is 12.3. The van der Waals surface area contributed by atoms with Crippen LogP contribution in [-0.4, -0.2) is 22.4 Å². The number of rotatable bonds is 18. The molecule has 5 heteroatoms. The van der Waals surface area contributed by atoms with E-state index in [-0.39, 0.29) is 5.75 Å². The summed E-state index contributed by atoms with van der Waals surface area (Å²) in [5.74, 6) is -2.60. The van der Waals surface area contributed by atoms with Crippen LogP contribution < -0.4 is 10.2 Å². The standard InChI is InChI=1S/C20H38O4S/c1-3-5-7-9-11-13-15-20(19(23)24,25-17-18(21)22)16-14-12-10-8-6-4-2/h3-17H2,1-2H3,(H,21,22)(H,23,24)/p-2. The van der Waals surface area contributed by atoms with Crippen molar-refractivity contribution in [1.82, 2.24) is 0 Å². The Hall–Kier alpha value is -0.710. The summed E-state index contributed by atoms with van der Waals surface area (Å²) in [7, 11) is 0. The average molecular weight is 373 g/mol. The van der Waals surface area contributed by atoms with Crippen LogP contribution in [0.5, 0.6) is 0 Å². The molecule has 0 spiro atoms. The number of carbonyl (C=O) groups excluding carboxylic acids is 2. The molecule has 0 saturated heterocycles. The lowest BCUT2D eigenvalue weighted by molar-refractivity contribution is -0.309. The second kappa shape index (κ2) is 15.5. The van der Waals surface area contributed by atoms with Gasteiger partial charge in [0.25, 0.3) is 0 Å². The first-order valence-corrected chi connectivity index (χ1v) is 11.0. The first-order chi connectivity index (χ1) is 12.0. The molecule has 0 radical (unpaired) electrons. The van der Waals surface area contributed by atoms with Crippen LogP contribution >= 0.6 is 11.8 Å². The largest absolute Gasteiger partial charge is 0.549 e. The van der Waals surface area contributed by atoms with Crippen LogP contribution in [0, 0.1) is 0 Å². The maximum absolute atomic E-state index is 11.8. The highest BCUT2D eigenvalue weighted by atomic mass is 32.2. The highest BCUT2D eigenvalue weighted by molar-refractivity contribution is 8.02. The Kier molecular flexibility index (Phi) is 15.1. The van der Waals surface area contributed by atoms with Crippen LogP contribution in [0.15, 0.2) is 0 Å². The predicted octanol–water partition coefficient (Wildman–Crippen LogP) is 3.46. The number of hydrogen-bond donors (Lipinski definition) is 0. The topological polar surface area (TPSA) is 80.3 Å². The van der Waals surface area contributed by atoms with E-state index in [0.29, 0.717) is 12.8 Å². The average Bonchev–Trinajstić information content (AvgIpc) is 2.57. The van der Waals surface area contributed by atoms with Gasteiger partial charge in [0.1, 0.15) is 0 Å². The van der Waals surface area contributed by atoms with E-state index in [4.69, 9.17) is 0 Å². The van der Waals surface area contributed by atoms with Crippen molar-refractivity contribution in [2.75, 3.05) is 5.75 Å². The van der Waals surface area contributed by atoms with Crippen molar-refractivity contribution >= 4 is 23.7 Å². The number of unbranched alkanes of at least 4 members (excludes halogenated alkanes) is 10. The summed E-state index contributed by atoms with van der Waals surface area (Å²) >= 11 is 0.998. The lowest BCUT2D eigenvalue weighted by atomic mass is 9.93. The quantitative estimate of drug-likeness (QED) is 0.344. The summed E-state index contributed by atoms with van der Waals surface area (Å²) in [6, 6.07) is 0. The van der Waals surface area contributed by atoms with Gasteiger partial charge in [-0.1, -0.05) is 90.9 Å². The SMILES string of the molecule is CCCCCCCCC(CCCCCCCC)(SCC(=O)[O-])C(=O)[O-]. The monoisotopic (exact) mass is 372 g/mol. The van der Waals surface area contributed by atoms with Gasteiger partial charge in [-0.3, -0.25) is 0 Å². The molecule has 0 fully saturated rings. The van der Waals surface area contributed by atoms with E-state index < -0.39 is 16.7 Å². The molecule has 0 aliphatic carbocycles. The molecule has 0 aromatic heterocycles. The molecule has 0 saturated carbocycles. The maximum Gasteiger partial charge on any atom is 0.0575 e. The van der Waals surface area contributed by atoms with E-state index in [1.54, 1.807) is 0 Å². The molecule has 0 bridgehead atoms. The molecule has 25 heavy (non-hydrogen) atoms. The number of aliphatic carboxylic acids is 2. The Balaban J connectivity index is 4.48. The number of carbonyl (C=O) groups is 2. The van der Waals surface area contributed by atoms with Gasteiger partial charge in [0.2, 0.25) is 0 Å². The molecule has 0 aliphatic heterocycles. The van der Waals surface area contributed by atoms with Gasteiger partial charge in [-0.05, 0) is 12.8 Å². The molecule has 0 unspecified atom stereocenters. The highest BCUT2D eigenvalue weighted by Crippen LogP contribution is 2.36. The Morgan fingerprint density at radius 2 is 1.12 bits per heavy atom. The van der Waals surface area contributed by atoms with Gasteiger partial charge in [0.05, 0.1) is 16.7 Å². The van der Waals surface area contributed by atoms with Gasteiger partial charge >= 0.3 is 0 Å². The van der Waals surface area contributed by atoms with Gasteiger partial charge < -0.3 is 19.8 Å². The van der Waals surface area contributed by atoms with Gasteiger partial charge in [-0.25, -0.2) is 0 Å². The zero-order valence-electron chi connectivity index (χ0n) is 16.1. The summed E-state index contributed by atoms with van der Waals surface area (Å²) in [4.78, 5) is 22.6. The minimum atomic E-state index is -1.21. The third-order valence-electron chi connectivity index (χ3n) is 4.71. The summed E-state index contributed by atoms with van der Waals surface area (Å²) in [5.41, 5.74) is 0. The normalized spacial score (nSPS) is 11.6. The van der Waals surface area contributed by atoms with E-state index in [2.05, 4.69) is 13.8 Å². The van der Waals surface area contributed by atoms with Crippen molar-refractivity contribution < 1.29 is 19.8 Å². The molecule has 4 nitrogen and oxygen atoms in total. The number of carboxylic acids is 2. The first kappa shape index (κ1) is 24.3. The molecule has 0 aromatic rings. The predicted molar refractivity (Wildman–Crippen MR) is 101 cm³/mol. The minimum absolute atomic E-state index is 0.278. The van der Waals surface area contributed by atoms with Crippen molar-refractivity contribution in [2.24, 2.45) is 0 Å². The van der Waals surface area contributed by atoms with E-state index >= 15 is 0 Å². The summed E-state index contributed by atoms with van der Waals surface area (Å²) < 4.78 is -1.07. The van der Waals surface area contributed by atoms with Crippen LogP contribution in [0.4, 0.5) is 0 Å². The Morgan fingerprint density at radius 1 is 0.720 bits per heavy atom. The zero-order valence-corrected chi connectivity index (χ0v) is 17.0. The van der Waals surface area contributed by atoms with Crippen LogP contribution in [-0.2, 0) is 9.59 Å². The van der Waals surface area contributed by atoms with Crippen molar-refractivity contribution in [3.8, 4) is 0 Å². The molecule has 0 aromatic carbocycles. The molecule has 0 N–H and O–H groups in total. The maximum atomic E-state index is 11.8. The summed E-state index contributed by atoms with van der Waals surface area (Å²) in [6.45, 7) is 4.33. The Morgan fingerprint density at radius 3 is 1.48 bits per heavy atom. The zero-order chi connectivity index (χ0) is 19.0. The lowest BCUT2D eigenvalue weighted by Crippen LogP contribution is -2.47. The molecular formula is C20H36O4S-2. The molecule has 0 amide bonds. The van der Waals surface area contributed by atoms with Gasteiger partial charge in [0, 0.05) is 5.75 Å². The fourth-order valence-corrected chi connectivity index (χ4v) is 4.20. The second-order valence-electron chi connectivity index (χ2n) is 6.98. The lowest BCUT2D eigenvalue weighted by Gasteiger charge is -2.35. The molecule has 0 aliphatic rings. The van der Waals surface area contributed by atoms with Gasteiger partial charge in [0.15, 0.2) is 0 Å². The molecule has 148 valence electrons. The van der Waals surface area contributed by atoms with Gasteiger partial charge in [-0.15, -0.1) is 11.8 Å². The summed E-state index contributed by atoms with van der Waals surface area (Å²) in [6.07, 6.45) is 14.0. The number of hydrogen-bond acceptors (Lipinski definition) is 5. The molecule has 0 heterocycles. The smallest absolute Gasteiger partial charge is 0.0575 e. The first-order valence-electron chi connectivity index (χ1n) is 10.0. The van der Waals surface area contributed by atoms with E-state index in [0.717, 1.165) is 50.3 Å². The number of thioether (sulfide) groups is 1. The summed E-state index contributed by atoms with van der Waals surface area (Å²) in [5, 5.41) is 22.6. The third-order valence-corrected chi connectivity index (χ3v) is 6.21. The Labute approximate surface area is 158 Å². The van der Waals surface area contributed by atoms with Crippen molar-refractivity contribution in [3.05, 3.63) is 0 Å². The molecular weight excluding hydrogens is 336 g/mol. The van der Waals surface area contributed by atoms with Crippen molar-refractivity contribution in [1.29, 1.82) is 0 Å². The van der Waals surface area contributed by atoms with Crippen molar-refractivity contribution in [2.45, 2.75) is 108 Å². The molecule has 0 atom stereocenters. The fourth-order valence-electron chi connectivity index (χ4n) is 3.11. The highest BCUT2D eigenvalue weighted by Gasteiger charge is 2.31. The van der Waals surface area contributed by atoms with Crippen LogP contribution in [0.3, 0.4) is 0 Å². The minimum Gasteiger partial charge on any atom is -0.549 e. The van der Waals surface area contributed by atoms with E-state index in [9.17, 15) is 19.8 Å². The van der Waals surface area contributed by atoms with Crippen LogP contribution in [0.25, 0.3) is 0 Å². The van der Waals surface area contributed by atoms with E-state index in [1.165, 1.54) is 38.5 Å². The number of carboxylic acid groups (broad SMARTS) is 2. The van der Waals surface area contributed by atoms with Crippen LogP contribution in [0.2, 0.25) is 0 Å².